The third-order valence-corrected chi connectivity index (χ3v) is 3.20. The van der Waals surface area contributed by atoms with Gasteiger partial charge in [0.2, 0.25) is 11.8 Å². The lowest BCUT2D eigenvalue weighted by Crippen LogP contribution is -2.61. The number of rotatable bonds is 4. The van der Waals surface area contributed by atoms with E-state index in [4.69, 9.17) is 0 Å². The Hall–Kier alpha value is -2.12. The molecule has 0 unspecified atom stereocenters. The quantitative estimate of drug-likeness (QED) is 0.584. The molecule has 0 bridgehead atoms. The zero-order chi connectivity index (χ0) is 14.6. The van der Waals surface area contributed by atoms with E-state index in [0.717, 1.165) is 4.90 Å². The average Bonchev–Trinajstić information content (AvgIpc) is 2.34. The molecule has 1 rings (SSSR count). The van der Waals surface area contributed by atoms with Gasteiger partial charge in [-0.1, -0.05) is 13.8 Å². The third-order valence-electron chi connectivity index (χ3n) is 3.20. The number of urea groups is 1. The molecule has 1 aliphatic rings. The summed E-state index contributed by atoms with van der Waals surface area (Å²) in [5.74, 6) is -2.31. The highest BCUT2D eigenvalue weighted by Crippen LogP contribution is 2.16. The molecule has 0 aromatic carbocycles. The molecule has 0 radical (unpaired) electrons. The van der Waals surface area contributed by atoms with Crippen LogP contribution in [0.2, 0.25) is 0 Å². The summed E-state index contributed by atoms with van der Waals surface area (Å²) in [7, 11) is 0. The number of carbonyl (C=O) groups is 4. The molecule has 0 atom stereocenters. The fraction of sp³-hybridized carbons (Fsp3) is 0.636. The predicted octanol–water partition coefficient (Wildman–Crippen LogP) is -0.702. The molecule has 0 saturated carbocycles. The highest BCUT2D eigenvalue weighted by atomic mass is 16.4. The van der Waals surface area contributed by atoms with E-state index in [-0.39, 0.29) is 25.9 Å². The summed E-state index contributed by atoms with van der Waals surface area (Å²) >= 11 is 0. The second kappa shape index (κ2) is 5.68. The molecular formula is C11H17N3O5. The maximum Gasteiger partial charge on any atom is 0.329 e. The first-order valence-corrected chi connectivity index (χ1v) is 5.97. The van der Waals surface area contributed by atoms with E-state index >= 15 is 0 Å². The lowest BCUT2D eigenvalue weighted by Gasteiger charge is -2.32. The maximum absolute atomic E-state index is 11.9. The number of carboxylic acid groups (broad SMARTS) is 1. The van der Waals surface area contributed by atoms with E-state index in [0.29, 0.717) is 0 Å². The van der Waals surface area contributed by atoms with E-state index < -0.39 is 29.4 Å². The van der Waals surface area contributed by atoms with Gasteiger partial charge in [0, 0.05) is 0 Å². The number of hydrogen-bond donors (Lipinski definition) is 3. The highest BCUT2D eigenvalue weighted by molar-refractivity contribution is 6.02. The van der Waals surface area contributed by atoms with Crippen molar-refractivity contribution in [2.45, 2.75) is 32.2 Å². The molecule has 19 heavy (non-hydrogen) atoms. The van der Waals surface area contributed by atoms with Crippen molar-refractivity contribution in [1.29, 1.82) is 0 Å². The molecule has 0 aromatic heterocycles. The average molecular weight is 271 g/mol. The SMILES string of the molecule is CCC(CC)(NC(=O)N1CC(=O)NC(=O)C1)C(=O)O. The number of piperazine rings is 1. The Kier molecular flexibility index (Phi) is 4.47. The molecule has 1 fully saturated rings. The molecule has 1 aliphatic heterocycles. The maximum atomic E-state index is 11.9. The molecule has 8 nitrogen and oxygen atoms in total. The van der Waals surface area contributed by atoms with Crippen molar-refractivity contribution in [2.24, 2.45) is 0 Å². The van der Waals surface area contributed by atoms with Crippen molar-refractivity contribution < 1.29 is 24.3 Å². The minimum absolute atomic E-state index is 0.207. The summed E-state index contributed by atoms with van der Waals surface area (Å²) in [6.45, 7) is 2.76. The van der Waals surface area contributed by atoms with Crippen LogP contribution >= 0.6 is 0 Å². The monoisotopic (exact) mass is 271 g/mol. The van der Waals surface area contributed by atoms with Crippen molar-refractivity contribution in [3.8, 4) is 0 Å². The van der Waals surface area contributed by atoms with Gasteiger partial charge in [-0.25, -0.2) is 9.59 Å². The third kappa shape index (κ3) is 3.21. The van der Waals surface area contributed by atoms with E-state index in [2.05, 4.69) is 10.6 Å². The summed E-state index contributed by atoms with van der Waals surface area (Å²) in [5.41, 5.74) is -1.38. The number of carboxylic acids is 1. The topological polar surface area (TPSA) is 116 Å². The molecular weight excluding hydrogens is 254 g/mol. The minimum Gasteiger partial charge on any atom is -0.480 e. The van der Waals surface area contributed by atoms with Crippen LogP contribution in [0.5, 0.6) is 0 Å². The fourth-order valence-corrected chi connectivity index (χ4v) is 1.85. The zero-order valence-corrected chi connectivity index (χ0v) is 10.9. The van der Waals surface area contributed by atoms with Crippen molar-refractivity contribution in [1.82, 2.24) is 15.5 Å². The molecule has 0 aliphatic carbocycles. The summed E-state index contributed by atoms with van der Waals surface area (Å²) in [6, 6.07) is -0.727. The smallest absolute Gasteiger partial charge is 0.329 e. The molecule has 0 aromatic rings. The van der Waals surface area contributed by atoms with Crippen molar-refractivity contribution >= 4 is 23.8 Å². The lowest BCUT2D eigenvalue weighted by molar-refractivity contribution is -0.144. The van der Waals surface area contributed by atoms with Gasteiger partial charge in [0.1, 0.15) is 18.6 Å². The number of nitrogens with zero attached hydrogens (tertiary/aromatic N) is 1. The Labute approximate surface area is 110 Å². The normalized spacial score (nSPS) is 16.0. The molecule has 0 spiro atoms. The Bertz CT molecular complexity index is 401. The lowest BCUT2D eigenvalue weighted by atomic mass is 9.93. The van der Waals surface area contributed by atoms with Crippen LogP contribution in [-0.4, -0.2) is 52.4 Å². The first-order valence-electron chi connectivity index (χ1n) is 5.97. The van der Waals surface area contributed by atoms with Crippen LogP contribution in [0.3, 0.4) is 0 Å². The predicted molar refractivity (Wildman–Crippen MR) is 64.2 cm³/mol. The molecule has 8 heteroatoms. The van der Waals surface area contributed by atoms with Gasteiger partial charge >= 0.3 is 12.0 Å². The number of imide groups is 1. The Balaban J connectivity index is 2.80. The van der Waals surface area contributed by atoms with Crippen LogP contribution in [0, 0.1) is 0 Å². The van der Waals surface area contributed by atoms with Crippen molar-refractivity contribution in [3.63, 3.8) is 0 Å². The van der Waals surface area contributed by atoms with Gasteiger partial charge in [-0.05, 0) is 12.8 Å². The van der Waals surface area contributed by atoms with Crippen LogP contribution in [0.4, 0.5) is 4.79 Å². The molecule has 3 N–H and O–H groups in total. The van der Waals surface area contributed by atoms with E-state index in [1.807, 2.05) is 0 Å². The van der Waals surface area contributed by atoms with Crippen LogP contribution in [0.1, 0.15) is 26.7 Å². The number of hydrogen-bond acceptors (Lipinski definition) is 4. The van der Waals surface area contributed by atoms with Crippen molar-refractivity contribution in [3.05, 3.63) is 0 Å². The van der Waals surface area contributed by atoms with Gasteiger partial charge in [0.25, 0.3) is 0 Å². The number of amides is 4. The first-order chi connectivity index (χ1) is 8.84. The number of carbonyl (C=O) groups excluding carboxylic acids is 3. The zero-order valence-electron chi connectivity index (χ0n) is 10.9. The van der Waals surface area contributed by atoms with Crippen LogP contribution in [0.25, 0.3) is 0 Å². The van der Waals surface area contributed by atoms with Crippen LogP contribution in [-0.2, 0) is 14.4 Å². The molecule has 1 heterocycles. The standard InChI is InChI=1S/C11H17N3O5/c1-3-11(4-2,9(17)18)13-10(19)14-5-7(15)12-8(16)6-14/h3-6H2,1-2H3,(H,13,19)(H,17,18)(H,12,15,16). The number of aliphatic carboxylic acids is 1. The Morgan fingerprint density at radius 1 is 1.26 bits per heavy atom. The summed E-state index contributed by atoms with van der Waals surface area (Å²) in [5, 5.41) is 13.7. The van der Waals surface area contributed by atoms with E-state index in [9.17, 15) is 24.3 Å². The Morgan fingerprint density at radius 2 is 1.74 bits per heavy atom. The van der Waals surface area contributed by atoms with E-state index in [1.54, 1.807) is 13.8 Å². The highest BCUT2D eigenvalue weighted by Gasteiger charge is 2.38. The van der Waals surface area contributed by atoms with Gasteiger partial charge in [0.15, 0.2) is 0 Å². The molecule has 1 saturated heterocycles. The first kappa shape index (κ1) is 14.9. The van der Waals surface area contributed by atoms with Crippen LogP contribution < -0.4 is 10.6 Å². The fourth-order valence-electron chi connectivity index (χ4n) is 1.85. The van der Waals surface area contributed by atoms with Crippen molar-refractivity contribution in [2.75, 3.05) is 13.1 Å². The summed E-state index contributed by atoms with van der Waals surface area (Å²) < 4.78 is 0. The Morgan fingerprint density at radius 3 is 2.11 bits per heavy atom. The number of nitrogens with one attached hydrogen (secondary N) is 2. The van der Waals surface area contributed by atoms with Gasteiger partial charge in [-0.2, -0.15) is 0 Å². The van der Waals surface area contributed by atoms with Gasteiger partial charge in [-0.15, -0.1) is 0 Å². The second-order valence-electron chi connectivity index (χ2n) is 4.35. The largest absolute Gasteiger partial charge is 0.480 e. The van der Waals surface area contributed by atoms with Crippen LogP contribution in [0.15, 0.2) is 0 Å². The second-order valence-corrected chi connectivity index (χ2v) is 4.35. The summed E-state index contributed by atoms with van der Waals surface area (Å²) in [4.78, 5) is 46.5. The molecule has 106 valence electrons. The minimum atomic E-state index is -1.38. The van der Waals surface area contributed by atoms with Gasteiger partial charge < -0.3 is 15.3 Å². The van der Waals surface area contributed by atoms with Gasteiger partial charge in [-0.3, -0.25) is 14.9 Å². The van der Waals surface area contributed by atoms with Gasteiger partial charge in [0.05, 0.1) is 0 Å². The summed E-state index contributed by atoms with van der Waals surface area (Å²) in [6.07, 6.45) is 0.414. The van der Waals surface area contributed by atoms with E-state index in [1.165, 1.54) is 0 Å². The molecule has 4 amide bonds.